The molecule has 1 rings (SSSR count). The summed E-state index contributed by atoms with van der Waals surface area (Å²) >= 11 is 0. The molecule has 0 aromatic heterocycles. The van der Waals surface area contributed by atoms with Crippen LogP contribution < -0.4 is 5.32 Å². The first kappa shape index (κ1) is 12.3. The summed E-state index contributed by atoms with van der Waals surface area (Å²) in [5, 5.41) is 2.07. The molecule has 1 aliphatic rings. The first-order valence-corrected chi connectivity index (χ1v) is 4.62. The van der Waals surface area contributed by atoms with Gasteiger partial charge < -0.3 is 15.0 Å². The third-order valence-corrected chi connectivity index (χ3v) is 1.97. The molecule has 0 atom stereocenters. The van der Waals surface area contributed by atoms with Gasteiger partial charge in [-0.15, -0.1) is 0 Å². The van der Waals surface area contributed by atoms with Crippen molar-refractivity contribution < 1.29 is 22.7 Å². The van der Waals surface area contributed by atoms with E-state index in [-0.39, 0.29) is 12.5 Å². The highest BCUT2D eigenvalue weighted by Gasteiger charge is 2.27. The zero-order valence-corrected chi connectivity index (χ0v) is 8.14. The second-order valence-electron chi connectivity index (χ2n) is 3.21. The standard InChI is InChI=1S/C8H13F3N2O2/c9-8(10,11)6-12-5-7(14)13-1-3-15-4-2-13/h12H,1-6H2. The minimum Gasteiger partial charge on any atom is -0.378 e. The summed E-state index contributed by atoms with van der Waals surface area (Å²) in [7, 11) is 0. The molecule has 7 heteroatoms. The number of carbonyl (C=O) groups excluding carboxylic acids is 1. The average molecular weight is 226 g/mol. The van der Waals surface area contributed by atoms with Gasteiger partial charge in [0.15, 0.2) is 0 Å². The molecule has 1 saturated heterocycles. The Kier molecular flexibility index (Phi) is 4.34. The van der Waals surface area contributed by atoms with Gasteiger partial charge in [0.05, 0.1) is 26.3 Å². The first-order valence-electron chi connectivity index (χ1n) is 4.62. The smallest absolute Gasteiger partial charge is 0.378 e. The van der Waals surface area contributed by atoms with Crippen LogP contribution in [0.3, 0.4) is 0 Å². The van der Waals surface area contributed by atoms with Crippen molar-refractivity contribution in [1.82, 2.24) is 10.2 Å². The van der Waals surface area contributed by atoms with E-state index >= 15 is 0 Å². The Labute approximate surface area is 85.4 Å². The lowest BCUT2D eigenvalue weighted by atomic mass is 10.4. The number of rotatable bonds is 3. The van der Waals surface area contributed by atoms with E-state index in [4.69, 9.17) is 4.74 Å². The fourth-order valence-electron chi connectivity index (χ4n) is 1.24. The molecule has 0 spiro atoms. The lowest BCUT2D eigenvalue weighted by Gasteiger charge is -2.27. The van der Waals surface area contributed by atoms with Gasteiger partial charge in [0.2, 0.25) is 5.91 Å². The quantitative estimate of drug-likeness (QED) is 0.736. The molecule has 0 bridgehead atoms. The largest absolute Gasteiger partial charge is 0.401 e. The van der Waals surface area contributed by atoms with Gasteiger partial charge in [-0.2, -0.15) is 13.2 Å². The zero-order chi connectivity index (χ0) is 11.3. The van der Waals surface area contributed by atoms with E-state index < -0.39 is 12.7 Å². The second kappa shape index (κ2) is 5.32. The third kappa shape index (κ3) is 4.98. The summed E-state index contributed by atoms with van der Waals surface area (Å²) in [5.74, 6) is -0.317. The third-order valence-electron chi connectivity index (χ3n) is 1.97. The Morgan fingerprint density at radius 1 is 1.33 bits per heavy atom. The minimum atomic E-state index is -4.27. The summed E-state index contributed by atoms with van der Waals surface area (Å²) in [6.07, 6.45) is -4.27. The van der Waals surface area contributed by atoms with Crippen molar-refractivity contribution in [1.29, 1.82) is 0 Å². The lowest BCUT2D eigenvalue weighted by molar-refractivity contribution is -0.137. The maximum absolute atomic E-state index is 11.7. The van der Waals surface area contributed by atoms with E-state index in [0.717, 1.165) is 0 Å². The fourth-order valence-corrected chi connectivity index (χ4v) is 1.24. The van der Waals surface area contributed by atoms with E-state index in [1.54, 1.807) is 0 Å². The molecule has 4 nitrogen and oxygen atoms in total. The number of hydrogen-bond donors (Lipinski definition) is 1. The van der Waals surface area contributed by atoms with Crippen LogP contribution in [0.2, 0.25) is 0 Å². The Bertz CT molecular complexity index is 214. The summed E-state index contributed by atoms with van der Waals surface area (Å²) in [5.41, 5.74) is 0. The summed E-state index contributed by atoms with van der Waals surface area (Å²) in [6, 6.07) is 0. The molecule has 0 aromatic carbocycles. The van der Waals surface area contributed by atoms with Gasteiger partial charge in [-0.3, -0.25) is 4.79 Å². The van der Waals surface area contributed by atoms with Crippen LogP contribution in [-0.4, -0.2) is 56.4 Å². The fraction of sp³-hybridized carbons (Fsp3) is 0.875. The minimum absolute atomic E-state index is 0.278. The molecule has 88 valence electrons. The van der Waals surface area contributed by atoms with Crippen molar-refractivity contribution in [3.63, 3.8) is 0 Å². The van der Waals surface area contributed by atoms with E-state index in [9.17, 15) is 18.0 Å². The molecule has 0 saturated carbocycles. The highest BCUT2D eigenvalue weighted by Crippen LogP contribution is 2.11. The van der Waals surface area contributed by atoms with Crippen molar-refractivity contribution in [2.24, 2.45) is 0 Å². The molecule has 0 aliphatic carbocycles. The number of morpholine rings is 1. The number of carbonyl (C=O) groups is 1. The molecule has 1 aliphatic heterocycles. The number of alkyl halides is 3. The normalized spacial score (nSPS) is 17.9. The molecule has 1 amide bonds. The zero-order valence-electron chi connectivity index (χ0n) is 8.14. The highest BCUT2D eigenvalue weighted by molar-refractivity contribution is 5.78. The van der Waals surface area contributed by atoms with Gasteiger partial charge in [0.25, 0.3) is 0 Å². The van der Waals surface area contributed by atoms with Crippen LogP contribution in [0.15, 0.2) is 0 Å². The molecular formula is C8H13F3N2O2. The summed E-state index contributed by atoms with van der Waals surface area (Å²) in [4.78, 5) is 12.8. The molecule has 1 fully saturated rings. The Morgan fingerprint density at radius 3 is 2.47 bits per heavy atom. The van der Waals surface area contributed by atoms with Gasteiger partial charge in [0.1, 0.15) is 0 Å². The average Bonchev–Trinajstić information content (AvgIpc) is 2.17. The van der Waals surface area contributed by atoms with E-state index in [1.165, 1.54) is 4.90 Å². The highest BCUT2D eigenvalue weighted by atomic mass is 19.4. The van der Waals surface area contributed by atoms with Gasteiger partial charge in [-0.05, 0) is 0 Å². The van der Waals surface area contributed by atoms with Crippen molar-refractivity contribution in [2.45, 2.75) is 6.18 Å². The number of halogens is 3. The molecule has 15 heavy (non-hydrogen) atoms. The maximum atomic E-state index is 11.7. The predicted octanol–water partition coefficient (Wildman–Crippen LogP) is -0.00290. The number of nitrogens with one attached hydrogen (secondary N) is 1. The molecule has 0 radical (unpaired) electrons. The number of ether oxygens (including phenoxy) is 1. The van der Waals surface area contributed by atoms with Crippen LogP contribution in [0, 0.1) is 0 Å². The molecule has 0 unspecified atom stereocenters. The SMILES string of the molecule is O=C(CNCC(F)(F)F)N1CCOCC1. The van der Waals surface area contributed by atoms with Crippen LogP contribution in [0.25, 0.3) is 0 Å². The summed E-state index contributed by atoms with van der Waals surface area (Å²) in [6.45, 7) is 0.387. The van der Waals surface area contributed by atoms with Crippen LogP contribution in [0.1, 0.15) is 0 Å². The van der Waals surface area contributed by atoms with Crippen LogP contribution >= 0.6 is 0 Å². The van der Waals surface area contributed by atoms with Crippen molar-refractivity contribution in [2.75, 3.05) is 39.4 Å². The lowest BCUT2D eigenvalue weighted by Crippen LogP contribution is -2.45. The van der Waals surface area contributed by atoms with Gasteiger partial charge in [-0.1, -0.05) is 0 Å². The van der Waals surface area contributed by atoms with Gasteiger partial charge >= 0.3 is 6.18 Å². The first-order chi connectivity index (χ1) is 6.99. The number of nitrogens with zero attached hydrogens (tertiary/aromatic N) is 1. The molecule has 0 aromatic rings. The number of hydrogen-bond acceptors (Lipinski definition) is 3. The van der Waals surface area contributed by atoms with E-state index in [0.29, 0.717) is 26.3 Å². The Balaban J connectivity index is 2.17. The monoisotopic (exact) mass is 226 g/mol. The Morgan fingerprint density at radius 2 is 1.93 bits per heavy atom. The molecule has 1 heterocycles. The van der Waals surface area contributed by atoms with E-state index in [1.807, 2.05) is 0 Å². The second-order valence-corrected chi connectivity index (χ2v) is 3.21. The topological polar surface area (TPSA) is 41.6 Å². The van der Waals surface area contributed by atoms with Crippen LogP contribution in [0.4, 0.5) is 13.2 Å². The molecule has 1 N–H and O–H groups in total. The Hall–Kier alpha value is -0.820. The number of amides is 1. The summed E-state index contributed by atoms with van der Waals surface area (Å²) < 4.78 is 40.2. The van der Waals surface area contributed by atoms with Crippen LogP contribution in [0.5, 0.6) is 0 Å². The van der Waals surface area contributed by atoms with Gasteiger partial charge in [-0.25, -0.2) is 0 Å². The van der Waals surface area contributed by atoms with Crippen molar-refractivity contribution in [3.8, 4) is 0 Å². The maximum Gasteiger partial charge on any atom is 0.401 e. The van der Waals surface area contributed by atoms with Gasteiger partial charge in [0, 0.05) is 13.1 Å². The van der Waals surface area contributed by atoms with Crippen molar-refractivity contribution in [3.05, 3.63) is 0 Å². The molecular weight excluding hydrogens is 213 g/mol. The van der Waals surface area contributed by atoms with Crippen molar-refractivity contribution >= 4 is 5.91 Å². The van der Waals surface area contributed by atoms with E-state index in [2.05, 4.69) is 5.32 Å². The predicted molar refractivity (Wildman–Crippen MR) is 46.3 cm³/mol. The van der Waals surface area contributed by atoms with Crippen LogP contribution in [-0.2, 0) is 9.53 Å².